The van der Waals surface area contributed by atoms with Gasteiger partial charge in [-0.15, -0.1) is 0 Å². The molecule has 2 N–H and O–H groups in total. The first-order valence-corrected chi connectivity index (χ1v) is 9.44. The molecule has 0 aliphatic rings. The Morgan fingerprint density at radius 2 is 1.81 bits per heavy atom. The predicted octanol–water partition coefficient (Wildman–Crippen LogP) is 2.62. The molecule has 0 saturated carbocycles. The van der Waals surface area contributed by atoms with E-state index in [1.54, 1.807) is 24.3 Å². The number of carbonyl (C=O) groups is 1. The minimum absolute atomic E-state index is 0.0397. The summed E-state index contributed by atoms with van der Waals surface area (Å²) in [6.45, 7) is 2.31. The van der Waals surface area contributed by atoms with Crippen LogP contribution in [0.1, 0.15) is 23.0 Å². The second-order valence-corrected chi connectivity index (χ2v) is 6.24. The number of aromatic nitrogens is 2. The number of ether oxygens (including phenoxy) is 3. The zero-order valence-electron chi connectivity index (χ0n) is 17.3. The van der Waals surface area contributed by atoms with Gasteiger partial charge in [-0.25, -0.2) is 10.2 Å². The molecule has 160 valence electrons. The lowest BCUT2D eigenvalue weighted by Crippen LogP contribution is -2.24. The van der Waals surface area contributed by atoms with E-state index in [1.165, 1.54) is 26.5 Å². The van der Waals surface area contributed by atoms with Crippen LogP contribution in [0.5, 0.6) is 17.2 Å². The maximum atomic E-state index is 12.5. The number of nitrogens with zero attached hydrogens (tertiary/aromatic N) is 2. The van der Waals surface area contributed by atoms with Crippen LogP contribution in [0.15, 0.2) is 58.4 Å². The maximum absolute atomic E-state index is 12.5. The predicted molar refractivity (Wildman–Crippen MR) is 116 cm³/mol. The smallest absolute Gasteiger partial charge is 0.346 e. The third kappa shape index (κ3) is 5.27. The number of hydrogen-bond acceptors (Lipinski definition) is 7. The largest absolute Gasteiger partial charge is 0.493 e. The Balaban J connectivity index is 1.79. The van der Waals surface area contributed by atoms with Gasteiger partial charge in [0.15, 0.2) is 11.5 Å². The van der Waals surface area contributed by atoms with Crippen molar-refractivity contribution in [3.8, 4) is 28.5 Å². The monoisotopic (exact) mass is 422 g/mol. The average molecular weight is 422 g/mol. The average Bonchev–Trinajstić information content (AvgIpc) is 2.79. The molecule has 0 aliphatic heterocycles. The molecule has 1 heterocycles. The number of hydrogen-bond donors (Lipinski definition) is 2. The Morgan fingerprint density at radius 1 is 1.13 bits per heavy atom. The first-order chi connectivity index (χ1) is 15.0. The summed E-state index contributed by atoms with van der Waals surface area (Å²) in [6, 6.07) is 14.0. The van der Waals surface area contributed by atoms with Crippen LogP contribution >= 0.6 is 0 Å². The van der Waals surface area contributed by atoms with E-state index in [-0.39, 0.29) is 5.69 Å². The molecule has 0 unspecified atom stereocenters. The number of amides is 1. The summed E-state index contributed by atoms with van der Waals surface area (Å²) < 4.78 is 16.3. The van der Waals surface area contributed by atoms with Gasteiger partial charge in [-0.2, -0.15) is 10.1 Å². The van der Waals surface area contributed by atoms with E-state index >= 15 is 0 Å². The third-order valence-corrected chi connectivity index (χ3v) is 4.21. The van der Waals surface area contributed by atoms with Crippen molar-refractivity contribution in [3.05, 3.63) is 70.3 Å². The summed E-state index contributed by atoms with van der Waals surface area (Å²) in [5, 5.41) is 3.96. The number of nitrogens with one attached hydrogen (secondary N) is 2. The number of methoxy groups -OCH3 is 2. The lowest BCUT2D eigenvalue weighted by atomic mass is 10.1. The molecule has 0 spiro atoms. The Hall–Kier alpha value is -4.14. The summed E-state index contributed by atoms with van der Waals surface area (Å²) >= 11 is 0. The summed E-state index contributed by atoms with van der Waals surface area (Å²) in [5.41, 5.74) is 3.53. The molecule has 0 atom stereocenters. The molecule has 31 heavy (non-hydrogen) atoms. The fraction of sp³-hybridized carbons (Fsp3) is 0.182. The van der Waals surface area contributed by atoms with Gasteiger partial charge in [0, 0.05) is 11.1 Å². The number of H-pyrrole nitrogens is 1. The number of rotatable bonds is 8. The van der Waals surface area contributed by atoms with Gasteiger partial charge in [-0.3, -0.25) is 4.79 Å². The van der Waals surface area contributed by atoms with E-state index in [2.05, 4.69) is 20.5 Å². The summed E-state index contributed by atoms with van der Waals surface area (Å²) in [4.78, 5) is 30.7. The van der Waals surface area contributed by atoms with Crippen LogP contribution in [0.3, 0.4) is 0 Å². The van der Waals surface area contributed by atoms with Crippen LogP contribution in [0.2, 0.25) is 0 Å². The maximum Gasteiger partial charge on any atom is 0.346 e. The highest BCUT2D eigenvalue weighted by Gasteiger charge is 2.14. The van der Waals surface area contributed by atoms with E-state index < -0.39 is 11.6 Å². The van der Waals surface area contributed by atoms with Crippen molar-refractivity contribution in [3.63, 3.8) is 0 Å². The molecule has 0 aliphatic carbocycles. The summed E-state index contributed by atoms with van der Waals surface area (Å²) in [6.07, 6.45) is 1.43. The second-order valence-electron chi connectivity index (χ2n) is 6.24. The Morgan fingerprint density at radius 3 is 2.42 bits per heavy atom. The molecule has 0 bridgehead atoms. The highest BCUT2D eigenvalue weighted by molar-refractivity contribution is 5.94. The first-order valence-electron chi connectivity index (χ1n) is 9.44. The molecule has 9 heteroatoms. The lowest BCUT2D eigenvalue weighted by molar-refractivity contribution is 0.0949. The number of aromatic amines is 1. The van der Waals surface area contributed by atoms with Gasteiger partial charge < -0.3 is 19.2 Å². The van der Waals surface area contributed by atoms with Crippen LogP contribution in [-0.2, 0) is 0 Å². The fourth-order valence-corrected chi connectivity index (χ4v) is 2.82. The van der Waals surface area contributed by atoms with E-state index in [1.807, 2.05) is 25.1 Å². The minimum Gasteiger partial charge on any atom is -0.493 e. The first kappa shape index (κ1) is 21.6. The van der Waals surface area contributed by atoms with Gasteiger partial charge in [0.2, 0.25) is 5.75 Å². The summed E-state index contributed by atoms with van der Waals surface area (Å²) in [5.74, 6) is 0.842. The minimum atomic E-state index is -0.628. The van der Waals surface area contributed by atoms with Crippen LogP contribution < -0.4 is 25.3 Å². The second kappa shape index (κ2) is 10.1. The van der Waals surface area contributed by atoms with Gasteiger partial charge in [0.25, 0.3) is 5.91 Å². The van der Waals surface area contributed by atoms with Crippen molar-refractivity contribution in [2.45, 2.75) is 6.92 Å². The van der Waals surface area contributed by atoms with Crippen molar-refractivity contribution in [1.82, 2.24) is 15.4 Å². The van der Waals surface area contributed by atoms with Gasteiger partial charge in [-0.05, 0) is 25.1 Å². The normalized spacial score (nSPS) is 10.7. The van der Waals surface area contributed by atoms with E-state index in [9.17, 15) is 9.59 Å². The molecule has 1 amide bonds. The van der Waals surface area contributed by atoms with Crippen molar-refractivity contribution in [2.75, 3.05) is 20.8 Å². The molecular weight excluding hydrogens is 400 g/mol. The molecule has 0 radical (unpaired) electrons. The number of carbonyl (C=O) groups excluding carboxylic acids is 1. The van der Waals surface area contributed by atoms with Gasteiger partial charge in [-0.1, -0.05) is 30.3 Å². The highest BCUT2D eigenvalue weighted by atomic mass is 16.5. The van der Waals surface area contributed by atoms with Crippen LogP contribution in [0.25, 0.3) is 11.3 Å². The SMILES string of the molecule is CCOc1c(OC)cc(/C=N/NC(=O)c2cc(-c3ccccc3)nc(=O)[nH]2)cc1OC. The van der Waals surface area contributed by atoms with Crippen LogP contribution in [0.4, 0.5) is 0 Å². The quantitative estimate of drug-likeness (QED) is 0.426. The van der Waals surface area contributed by atoms with Gasteiger partial charge in [0.05, 0.1) is 32.7 Å². The molecule has 0 saturated heterocycles. The molecule has 0 fully saturated rings. The number of hydrazone groups is 1. The molecule has 3 rings (SSSR count). The van der Waals surface area contributed by atoms with E-state index in [0.29, 0.717) is 35.1 Å². The van der Waals surface area contributed by atoms with Crippen molar-refractivity contribution < 1.29 is 19.0 Å². The van der Waals surface area contributed by atoms with Gasteiger partial charge >= 0.3 is 5.69 Å². The highest BCUT2D eigenvalue weighted by Crippen LogP contribution is 2.38. The Bertz CT molecular complexity index is 1120. The van der Waals surface area contributed by atoms with Gasteiger partial charge in [0.1, 0.15) is 5.69 Å². The molecule has 3 aromatic rings. The molecule has 2 aromatic carbocycles. The molecule has 9 nitrogen and oxygen atoms in total. The number of benzene rings is 2. The van der Waals surface area contributed by atoms with Crippen molar-refractivity contribution >= 4 is 12.1 Å². The standard InChI is InChI=1S/C22H22N4O5/c1-4-31-20-18(29-2)10-14(11-19(20)30-3)13-23-26-21(27)17-12-16(24-22(28)25-17)15-8-6-5-7-9-15/h5-13H,4H2,1-3H3,(H,26,27)(H,24,25,28)/b23-13+. The lowest BCUT2D eigenvalue weighted by Gasteiger charge is -2.14. The third-order valence-electron chi connectivity index (χ3n) is 4.21. The van der Waals surface area contributed by atoms with Crippen molar-refractivity contribution in [1.29, 1.82) is 0 Å². The topological polar surface area (TPSA) is 115 Å². The van der Waals surface area contributed by atoms with E-state index in [0.717, 1.165) is 5.56 Å². The van der Waals surface area contributed by atoms with E-state index in [4.69, 9.17) is 14.2 Å². The zero-order chi connectivity index (χ0) is 22.2. The van der Waals surface area contributed by atoms with Crippen molar-refractivity contribution in [2.24, 2.45) is 5.10 Å². The Labute approximate surface area is 178 Å². The van der Waals surface area contributed by atoms with Crippen LogP contribution in [-0.4, -0.2) is 42.9 Å². The Kier molecular flexibility index (Phi) is 7.00. The zero-order valence-corrected chi connectivity index (χ0v) is 17.3. The molecular formula is C22H22N4O5. The van der Waals surface area contributed by atoms with Crippen LogP contribution in [0, 0.1) is 0 Å². The summed E-state index contributed by atoms with van der Waals surface area (Å²) in [7, 11) is 3.04. The fourth-order valence-electron chi connectivity index (χ4n) is 2.82. The molecule has 1 aromatic heterocycles.